The molecule has 5 rings (SSSR count). The van der Waals surface area contributed by atoms with Gasteiger partial charge in [0, 0.05) is 10.9 Å². The summed E-state index contributed by atoms with van der Waals surface area (Å²) in [5, 5.41) is 81.0. The Hall–Kier alpha value is -1.56. The molecular weight excluding hydrogens is 462 g/mol. The SMILES string of the molecule is OC1(O)OC(O)(O)C(O)(O)N(C2CCC(Oc3ncnc4sc5c(c34)CCC5)CC2)C1(O)O. The van der Waals surface area contributed by atoms with Crippen molar-refractivity contribution in [1.82, 2.24) is 14.9 Å². The Kier molecular flexibility index (Phi) is 5.25. The number of aromatic nitrogens is 2. The molecule has 2 aliphatic carbocycles. The van der Waals surface area contributed by atoms with Crippen LogP contribution >= 0.6 is 11.3 Å². The molecule has 3 aliphatic rings. The largest absolute Gasteiger partial charge is 0.474 e. The second-order valence-corrected chi connectivity index (χ2v) is 9.81. The van der Waals surface area contributed by atoms with Crippen LogP contribution in [0.4, 0.5) is 0 Å². The number of morpholine rings is 1. The van der Waals surface area contributed by atoms with E-state index in [-0.39, 0.29) is 23.8 Å². The molecule has 1 saturated carbocycles. The van der Waals surface area contributed by atoms with Gasteiger partial charge in [-0.2, -0.15) is 4.90 Å². The summed E-state index contributed by atoms with van der Waals surface area (Å²) in [6.45, 7) is 0. The summed E-state index contributed by atoms with van der Waals surface area (Å²) in [4.78, 5) is 10.8. The summed E-state index contributed by atoms with van der Waals surface area (Å²) >= 11 is 1.63. The number of fused-ring (bicyclic) bond motifs is 3. The zero-order valence-corrected chi connectivity index (χ0v) is 18.1. The van der Waals surface area contributed by atoms with Crippen LogP contribution in [-0.2, 0) is 17.6 Å². The van der Waals surface area contributed by atoms with Crippen molar-refractivity contribution in [3.05, 3.63) is 16.8 Å². The molecule has 0 bridgehead atoms. The van der Waals surface area contributed by atoms with Gasteiger partial charge in [-0.15, -0.1) is 11.3 Å². The lowest BCUT2D eigenvalue weighted by Crippen LogP contribution is -2.85. The summed E-state index contributed by atoms with van der Waals surface area (Å²) in [7, 11) is 0. The summed E-state index contributed by atoms with van der Waals surface area (Å²) in [5.41, 5.74) is 1.20. The van der Waals surface area contributed by atoms with Gasteiger partial charge in [-0.3, -0.25) is 4.74 Å². The fourth-order valence-corrected chi connectivity index (χ4v) is 6.16. The van der Waals surface area contributed by atoms with Crippen LogP contribution in [0, 0.1) is 0 Å². The van der Waals surface area contributed by atoms with Gasteiger partial charge in [-0.1, -0.05) is 0 Å². The summed E-state index contributed by atoms with van der Waals surface area (Å²) in [6, 6.07) is -1.12. The second-order valence-electron chi connectivity index (χ2n) is 8.72. The molecule has 2 aromatic rings. The third-order valence-electron chi connectivity index (χ3n) is 6.58. The predicted molar refractivity (Wildman–Crippen MR) is 108 cm³/mol. The molecule has 0 unspecified atom stereocenters. The third-order valence-corrected chi connectivity index (χ3v) is 7.78. The summed E-state index contributed by atoms with van der Waals surface area (Å²) < 4.78 is 10.1. The van der Waals surface area contributed by atoms with Crippen LogP contribution in [0.3, 0.4) is 0 Å². The highest BCUT2D eigenvalue weighted by Crippen LogP contribution is 2.46. The van der Waals surface area contributed by atoms with E-state index in [1.807, 2.05) is 0 Å². The molecule has 0 radical (unpaired) electrons. The van der Waals surface area contributed by atoms with E-state index < -0.39 is 29.8 Å². The van der Waals surface area contributed by atoms with Gasteiger partial charge in [0.1, 0.15) is 17.3 Å². The summed E-state index contributed by atoms with van der Waals surface area (Å²) in [6.07, 6.45) is 4.78. The van der Waals surface area contributed by atoms with Crippen molar-refractivity contribution in [2.75, 3.05) is 0 Å². The second kappa shape index (κ2) is 7.47. The molecule has 1 saturated heterocycles. The Morgan fingerprint density at radius 3 is 2.18 bits per heavy atom. The van der Waals surface area contributed by atoms with Gasteiger partial charge in [0.05, 0.1) is 5.39 Å². The fourth-order valence-electron chi connectivity index (χ4n) is 4.94. The lowest BCUT2D eigenvalue weighted by molar-refractivity contribution is -0.661. The number of hydrogen-bond acceptors (Lipinski definition) is 14. The fraction of sp³-hybridized carbons (Fsp3) is 0.684. The Morgan fingerprint density at radius 1 is 0.909 bits per heavy atom. The monoisotopic (exact) mass is 487 g/mol. The van der Waals surface area contributed by atoms with Crippen LogP contribution in [0.15, 0.2) is 6.33 Å². The minimum atomic E-state index is -3.94. The van der Waals surface area contributed by atoms with Gasteiger partial charge in [-0.25, -0.2) is 9.97 Å². The Labute approximate surface area is 190 Å². The Balaban J connectivity index is 1.35. The first-order valence-electron chi connectivity index (χ1n) is 10.6. The zero-order valence-electron chi connectivity index (χ0n) is 17.3. The van der Waals surface area contributed by atoms with Crippen molar-refractivity contribution in [1.29, 1.82) is 0 Å². The van der Waals surface area contributed by atoms with E-state index in [4.69, 9.17) is 4.74 Å². The predicted octanol–water partition coefficient (Wildman–Crippen LogP) is -2.24. The Morgan fingerprint density at radius 2 is 1.55 bits per heavy atom. The molecule has 2 fully saturated rings. The van der Waals surface area contributed by atoms with E-state index in [0.717, 1.165) is 29.5 Å². The normalized spacial score (nSPS) is 30.3. The maximum Gasteiger partial charge on any atom is 0.356 e. The number of aliphatic hydroxyl groups is 8. The van der Waals surface area contributed by atoms with Gasteiger partial charge in [0.25, 0.3) is 0 Å². The molecular formula is C19H25N3O10S. The number of rotatable bonds is 3. The van der Waals surface area contributed by atoms with Crippen LogP contribution in [0.5, 0.6) is 5.88 Å². The van der Waals surface area contributed by atoms with Gasteiger partial charge in [0.2, 0.25) is 5.88 Å². The van der Waals surface area contributed by atoms with E-state index in [1.165, 1.54) is 16.8 Å². The van der Waals surface area contributed by atoms with Gasteiger partial charge >= 0.3 is 23.8 Å². The maximum atomic E-state index is 10.2. The van der Waals surface area contributed by atoms with Crippen molar-refractivity contribution in [2.45, 2.75) is 80.9 Å². The molecule has 2 aromatic heterocycles. The molecule has 0 spiro atoms. The van der Waals surface area contributed by atoms with Crippen molar-refractivity contribution in [3.63, 3.8) is 0 Å². The van der Waals surface area contributed by atoms with Crippen LogP contribution in [0.25, 0.3) is 10.2 Å². The van der Waals surface area contributed by atoms with E-state index in [0.29, 0.717) is 18.7 Å². The standard InChI is InChI=1S/C19H25N3O10S/c23-16(24)18(27,28)32-19(29,30)17(25,26)22(16)9-4-6-10(7-5-9)31-14-13-11-2-1-3-12(11)33-15(13)21-8-20-14/h8-10,23-30H,1-7H2. The minimum absolute atomic E-state index is 0.00830. The van der Waals surface area contributed by atoms with Crippen molar-refractivity contribution < 1.29 is 50.3 Å². The lowest BCUT2D eigenvalue weighted by atomic mass is 9.90. The molecule has 1 aliphatic heterocycles. The minimum Gasteiger partial charge on any atom is -0.474 e. The molecule has 0 amide bonds. The van der Waals surface area contributed by atoms with E-state index in [9.17, 15) is 40.9 Å². The highest BCUT2D eigenvalue weighted by molar-refractivity contribution is 7.18. The number of aryl methyl sites for hydroxylation is 2. The van der Waals surface area contributed by atoms with Gasteiger partial charge in [-0.05, 0) is 50.5 Å². The lowest BCUT2D eigenvalue weighted by Gasteiger charge is -2.57. The quantitative estimate of drug-likeness (QED) is 0.216. The topological polar surface area (TPSA) is 209 Å². The van der Waals surface area contributed by atoms with Crippen LogP contribution in [-0.4, -0.2) is 91.6 Å². The third kappa shape index (κ3) is 3.45. The highest BCUT2D eigenvalue weighted by atomic mass is 32.1. The Bertz CT molecular complexity index is 1040. The molecule has 14 heteroatoms. The summed E-state index contributed by atoms with van der Waals surface area (Å²) in [5.74, 6) is -15.0. The van der Waals surface area contributed by atoms with Crippen molar-refractivity contribution in [2.24, 2.45) is 0 Å². The van der Waals surface area contributed by atoms with E-state index >= 15 is 0 Å². The van der Waals surface area contributed by atoms with Gasteiger partial charge < -0.3 is 45.6 Å². The molecule has 33 heavy (non-hydrogen) atoms. The molecule has 8 N–H and O–H groups in total. The molecule has 3 heterocycles. The molecule has 0 aromatic carbocycles. The first-order chi connectivity index (χ1) is 15.4. The van der Waals surface area contributed by atoms with Crippen molar-refractivity contribution in [3.8, 4) is 5.88 Å². The molecule has 13 nitrogen and oxygen atoms in total. The number of thiophene rings is 1. The smallest absolute Gasteiger partial charge is 0.356 e. The van der Waals surface area contributed by atoms with Crippen molar-refractivity contribution >= 4 is 21.6 Å². The molecule has 0 atom stereocenters. The number of nitrogens with zero attached hydrogens (tertiary/aromatic N) is 3. The highest BCUT2D eigenvalue weighted by Gasteiger charge is 2.75. The zero-order chi connectivity index (χ0) is 23.8. The van der Waals surface area contributed by atoms with E-state index in [2.05, 4.69) is 14.7 Å². The number of ether oxygens (including phenoxy) is 2. The van der Waals surface area contributed by atoms with Gasteiger partial charge in [0.15, 0.2) is 0 Å². The van der Waals surface area contributed by atoms with Crippen LogP contribution < -0.4 is 4.74 Å². The van der Waals surface area contributed by atoms with E-state index in [1.54, 1.807) is 11.3 Å². The first kappa shape index (κ1) is 23.2. The molecule has 182 valence electrons. The first-order valence-corrected chi connectivity index (χ1v) is 11.4. The number of hydrogen-bond donors (Lipinski definition) is 8. The van der Waals surface area contributed by atoms with Crippen LogP contribution in [0.2, 0.25) is 0 Å². The average Bonchev–Trinajstić information content (AvgIpc) is 3.28. The average molecular weight is 487 g/mol. The van der Waals surface area contributed by atoms with Crippen LogP contribution in [0.1, 0.15) is 42.5 Å². The maximum absolute atomic E-state index is 10.2.